The van der Waals surface area contributed by atoms with Gasteiger partial charge in [0.05, 0.1) is 4.92 Å². The Kier molecular flexibility index (Phi) is 1.73. The Morgan fingerprint density at radius 2 is 2.30 bits per heavy atom. The normalized spacial score (nSPS) is 9.70. The number of hydrogen-bond acceptors (Lipinski definition) is 4. The van der Waals surface area contributed by atoms with E-state index in [0.717, 1.165) is 11.5 Å². The summed E-state index contributed by atoms with van der Waals surface area (Å²) >= 11 is 6.03. The summed E-state index contributed by atoms with van der Waals surface area (Å²) < 4.78 is 2.02. The Balaban J connectivity index is 3.37. The summed E-state index contributed by atoms with van der Waals surface area (Å²) in [5.41, 5.74) is -1.33. The van der Waals surface area contributed by atoms with Gasteiger partial charge in [-0.3, -0.25) is 19.3 Å². The van der Waals surface area contributed by atoms with Gasteiger partial charge in [0.2, 0.25) is 0 Å². The minimum absolute atomic E-state index is 0.116. The van der Waals surface area contributed by atoms with Crippen LogP contribution in [0.15, 0.2) is 4.79 Å². The molecule has 0 atom stereocenters. The van der Waals surface area contributed by atoms with Crippen LogP contribution in [0.5, 0.6) is 0 Å². The molecule has 1 N–H and O–H groups in total. The number of nitrogens with one attached hydrogen (secondary N) is 1. The van der Waals surface area contributed by atoms with Crippen LogP contribution >= 0.6 is 23.1 Å². The first kappa shape index (κ1) is 7.23. The molecule has 0 aromatic carbocycles. The van der Waals surface area contributed by atoms with Crippen molar-refractivity contribution in [3.05, 3.63) is 24.8 Å². The van der Waals surface area contributed by atoms with Crippen molar-refractivity contribution < 1.29 is 4.92 Å². The molecule has 0 saturated heterocycles. The monoisotopic (exact) mass is 180 g/mol. The third-order valence-electron chi connectivity index (χ3n) is 0.817. The Morgan fingerprint density at radius 3 is 2.50 bits per heavy atom. The highest BCUT2D eigenvalue weighted by Crippen LogP contribution is 2.22. The lowest BCUT2D eigenvalue weighted by Crippen LogP contribution is -2.04. The van der Waals surface area contributed by atoms with E-state index in [1.54, 1.807) is 0 Å². The number of nitro groups is 1. The van der Waals surface area contributed by atoms with Crippen LogP contribution in [0.25, 0.3) is 0 Å². The quantitative estimate of drug-likeness (QED) is 0.517. The molecule has 5 nitrogen and oxygen atoms in total. The van der Waals surface area contributed by atoms with Gasteiger partial charge in [0, 0.05) is 0 Å². The zero-order chi connectivity index (χ0) is 7.72. The van der Waals surface area contributed by atoms with Crippen molar-refractivity contribution in [2.75, 3.05) is 0 Å². The molecule has 0 aliphatic rings. The van der Waals surface area contributed by atoms with Crippen molar-refractivity contribution in [1.82, 2.24) is 4.37 Å². The van der Waals surface area contributed by atoms with Crippen LogP contribution < -0.4 is 5.56 Å². The van der Waals surface area contributed by atoms with Crippen LogP contribution in [0.2, 0.25) is 4.34 Å². The summed E-state index contributed by atoms with van der Waals surface area (Å²) in [5.74, 6) is 0. The zero-order valence-corrected chi connectivity index (χ0v) is 6.03. The highest BCUT2D eigenvalue weighted by atomic mass is 35.5. The van der Waals surface area contributed by atoms with E-state index in [1.807, 2.05) is 0 Å². The molecule has 1 heterocycles. The van der Waals surface area contributed by atoms with E-state index < -0.39 is 16.2 Å². The van der Waals surface area contributed by atoms with Crippen molar-refractivity contribution in [3.63, 3.8) is 0 Å². The molecule has 0 radical (unpaired) electrons. The molecule has 0 aliphatic heterocycles. The van der Waals surface area contributed by atoms with Gasteiger partial charge < -0.3 is 0 Å². The lowest BCUT2D eigenvalue weighted by atomic mass is 10.6. The van der Waals surface area contributed by atoms with Crippen LogP contribution in [0.1, 0.15) is 0 Å². The minimum Gasteiger partial charge on any atom is -0.270 e. The Hall–Kier alpha value is -0.880. The van der Waals surface area contributed by atoms with Crippen LogP contribution in [-0.4, -0.2) is 9.30 Å². The molecular formula is C3HClN2O3S. The molecule has 54 valence electrons. The molecule has 0 spiro atoms. The average molecular weight is 181 g/mol. The zero-order valence-electron chi connectivity index (χ0n) is 4.46. The van der Waals surface area contributed by atoms with Crippen molar-refractivity contribution in [2.24, 2.45) is 0 Å². The molecule has 0 saturated carbocycles. The van der Waals surface area contributed by atoms with Gasteiger partial charge in [-0.05, 0) is 11.5 Å². The van der Waals surface area contributed by atoms with Gasteiger partial charge in [0.25, 0.3) is 0 Å². The molecule has 0 aliphatic carbocycles. The largest absolute Gasteiger partial charge is 0.364 e. The van der Waals surface area contributed by atoms with Gasteiger partial charge in [-0.25, -0.2) is 0 Å². The van der Waals surface area contributed by atoms with Gasteiger partial charge >= 0.3 is 11.2 Å². The number of H-pyrrole nitrogens is 1. The first-order valence-corrected chi connectivity index (χ1v) is 3.33. The second-order valence-electron chi connectivity index (χ2n) is 1.41. The number of nitrogens with zero attached hydrogens (tertiary/aromatic N) is 1. The summed E-state index contributed by atoms with van der Waals surface area (Å²) in [5, 5.41) is 10.0. The molecule has 1 rings (SSSR count). The van der Waals surface area contributed by atoms with Crippen LogP contribution in [-0.2, 0) is 0 Å². The Bertz CT molecular complexity index is 316. The van der Waals surface area contributed by atoms with E-state index in [4.69, 9.17) is 11.6 Å². The van der Waals surface area contributed by atoms with Crippen molar-refractivity contribution in [3.8, 4) is 0 Å². The third-order valence-corrected chi connectivity index (χ3v) is 1.89. The number of rotatable bonds is 1. The summed E-state index contributed by atoms with van der Waals surface area (Å²) in [6.45, 7) is 0. The predicted molar refractivity (Wildman–Crippen MR) is 36.6 cm³/mol. The molecule has 0 fully saturated rings. The highest BCUT2D eigenvalue weighted by molar-refractivity contribution is 7.11. The first-order chi connectivity index (χ1) is 4.63. The lowest BCUT2D eigenvalue weighted by Gasteiger charge is -1.79. The minimum atomic E-state index is -0.808. The predicted octanol–water partition coefficient (Wildman–Crippen LogP) is 0.998. The van der Waals surface area contributed by atoms with Gasteiger partial charge in [0.15, 0.2) is 4.34 Å². The van der Waals surface area contributed by atoms with E-state index >= 15 is 0 Å². The van der Waals surface area contributed by atoms with Crippen LogP contribution in [0, 0.1) is 10.1 Å². The van der Waals surface area contributed by atoms with E-state index in [-0.39, 0.29) is 4.34 Å². The number of halogens is 1. The Morgan fingerprint density at radius 1 is 1.70 bits per heavy atom. The van der Waals surface area contributed by atoms with Gasteiger partial charge in [-0.2, -0.15) is 0 Å². The fourth-order valence-corrected chi connectivity index (χ4v) is 1.25. The van der Waals surface area contributed by atoms with Gasteiger partial charge in [0.1, 0.15) is 0 Å². The molecule has 1 aromatic heterocycles. The smallest absolute Gasteiger partial charge is 0.270 e. The fraction of sp³-hybridized carbons (Fsp3) is 0. The van der Waals surface area contributed by atoms with Crippen molar-refractivity contribution in [2.45, 2.75) is 0 Å². The summed E-state index contributed by atoms with van der Waals surface area (Å²) in [6, 6.07) is 0. The molecule has 0 amide bonds. The molecular weight excluding hydrogens is 180 g/mol. The van der Waals surface area contributed by atoms with E-state index in [2.05, 4.69) is 4.37 Å². The first-order valence-electron chi connectivity index (χ1n) is 2.14. The molecule has 10 heavy (non-hydrogen) atoms. The van der Waals surface area contributed by atoms with Crippen molar-refractivity contribution >= 4 is 28.8 Å². The lowest BCUT2D eigenvalue weighted by molar-refractivity contribution is -0.385. The summed E-state index contributed by atoms with van der Waals surface area (Å²) in [6.07, 6.45) is 0. The summed E-state index contributed by atoms with van der Waals surface area (Å²) in [7, 11) is 0. The SMILES string of the molecule is O=c1[nH]sc(Cl)c1[N+](=O)[O-]. The van der Waals surface area contributed by atoms with E-state index in [0.29, 0.717) is 0 Å². The van der Waals surface area contributed by atoms with Crippen molar-refractivity contribution in [1.29, 1.82) is 0 Å². The second-order valence-corrected chi connectivity index (χ2v) is 2.83. The summed E-state index contributed by atoms with van der Waals surface area (Å²) in [4.78, 5) is 19.7. The maximum atomic E-state index is 10.5. The standard InChI is InChI=1S/C3HClN2O3S/c4-2-1(6(8)9)3(7)5-10-2/h(H,5,7). The van der Waals surface area contributed by atoms with Gasteiger partial charge in [-0.1, -0.05) is 11.6 Å². The second kappa shape index (κ2) is 2.39. The number of aromatic nitrogens is 1. The van der Waals surface area contributed by atoms with E-state index in [9.17, 15) is 14.9 Å². The third kappa shape index (κ3) is 1.03. The Labute approximate surface area is 63.6 Å². The maximum Gasteiger partial charge on any atom is 0.364 e. The topological polar surface area (TPSA) is 76.0 Å². The fourth-order valence-electron chi connectivity index (χ4n) is 0.432. The molecule has 0 unspecified atom stereocenters. The average Bonchev–Trinajstić information content (AvgIpc) is 2.11. The van der Waals surface area contributed by atoms with Crippen LogP contribution in [0.4, 0.5) is 5.69 Å². The highest BCUT2D eigenvalue weighted by Gasteiger charge is 2.19. The van der Waals surface area contributed by atoms with E-state index in [1.165, 1.54) is 0 Å². The molecule has 1 aromatic rings. The van der Waals surface area contributed by atoms with Gasteiger partial charge in [-0.15, -0.1) is 0 Å². The van der Waals surface area contributed by atoms with Crippen LogP contribution in [0.3, 0.4) is 0 Å². The number of hydrogen-bond donors (Lipinski definition) is 1. The maximum absolute atomic E-state index is 10.5. The number of aromatic amines is 1. The molecule has 0 bridgehead atoms. The molecule has 7 heteroatoms.